The minimum Gasteiger partial charge on any atom is -0.103 e. The van der Waals surface area contributed by atoms with Crippen molar-refractivity contribution >= 4 is 15.2 Å². The van der Waals surface area contributed by atoms with Crippen molar-refractivity contribution in [2.75, 3.05) is 0 Å². The molecule has 1 radical (unpaired) electrons. The summed E-state index contributed by atoms with van der Waals surface area (Å²) < 4.78 is 0. The smallest absolute Gasteiger partial charge is 0.103 e. The quantitative estimate of drug-likeness (QED) is 0.292. The molecule has 0 unspecified atom stereocenters. The van der Waals surface area contributed by atoms with Crippen LogP contribution in [-0.4, -0.2) is 15.2 Å². The van der Waals surface area contributed by atoms with Gasteiger partial charge in [-0.05, 0) is 26.2 Å². The minimum absolute atomic E-state index is 0.755. The fourth-order valence-electron chi connectivity index (χ4n) is 1.31. The molecule has 0 aromatic heterocycles. The summed E-state index contributed by atoms with van der Waals surface area (Å²) >= 11 is 0.755. The van der Waals surface area contributed by atoms with Gasteiger partial charge in [-0.3, -0.25) is 0 Å². The zero-order chi connectivity index (χ0) is 13.5. The first-order valence-electron chi connectivity index (χ1n) is 7.08. The molecule has 0 spiro atoms. The van der Waals surface area contributed by atoms with E-state index in [9.17, 15) is 0 Å². The maximum atomic E-state index is 3.63. The maximum absolute atomic E-state index is 3.63. The molecule has 0 bridgehead atoms. The normalized spacial score (nSPS) is 10.5. The summed E-state index contributed by atoms with van der Waals surface area (Å²) in [4.78, 5) is 0. The highest BCUT2D eigenvalue weighted by Crippen LogP contribution is 2.05. The fraction of sp³-hybridized carbons (Fsp3) is 0.750. The summed E-state index contributed by atoms with van der Waals surface area (Å²) in [6, 6.07) is 0. The lowest BCUT2D eigenvalue weighted by molar-refractivity contribution is 0.700. The highest BCUT2D eigenvalue weighted by Gasteiger charge is 1.98. The topological polar surface area (TPSA) is 0 Å². The van der Waals surface area contributed by atoms with Crippen molar-refractivity contribution in [1.29, 1.82) is 0 Å². The van der Waals surface area contributed by atoms with E-state index >= 15 is 0 Å². The summed E-state index contributed by atoms with van der Waals surface area (Å²) in [5.41, 5.74) is 0. The zero-order valence-corrected chi connectivity index (χ0v) is 13.9. The fourth-order valence-corrected chi connectivity index (χ4v) is 2.84. The number of unbranched alkanes of at least 4 members (excludes halogenated alkanes) is 2. The Balaban J connectivity index is 0. The van der Waals surface area contributed by atoms with Crippen molar-refractivity contribution in [1.82, 2.24) is 0 Å². The molecule has 1 heteroatoms. The molecule has 0 rings (SSSR count). The van der Waals surface area contributed by atoms with Crippen LogP contribution in [0, 0.1) is 11.8 Å². The number of hydrogen-bond acceptors (Lipinski definition) is 0. The first-order valence-corrected chi connectivity index (χ1v) is 8.71. The van der Waals surface area contributed by atoms with Gasteiger partial charge in [0.2, 0.25) is 15.2 Å². The predicted molar refractivity (Wildman–Crippen MR) is 83.9 cm³/mol. The van der Waals surface area contributed by atoms with Crippen LogP contribution in [0.1, 0.15) is 53.9 Å². The maximum Gasteiger partial charge on any atom is 0.200 e. The second-order valence-corrected chi connectivity index (χ2v) is 6.86. The zero-order valence-electron chi connectivity index (χ0n) is 12.7. The van der Waals surface area contributed by atoms with Crippen molar-refractivity contribution in [3.05, 3.63) is 24.8 Å². The Morgan fingerprint density at radius 2 is 1.53 bits per heavy atom. The van der Waals surface area contributed by atoms with Crippen LogP contribution in [0.4, 0.5) is 0 Å². The van der Waals surface area contributed by atoms with Crippen LogP contribution in [0.3, 0.4) is 0 Å². The van der Waals surface area contributed by atoms with Crippen LogP contribution in [-0.2, 0) is 0 Å². The Kier molecular flexibility index (Phi) is 18.2. The lowest BCUT2D eigenvalue weighted by Crippen LogP contribution is -1.99. The third-order valence-corrected chi connectivity index (χ3v) is 4.84. The summed E-state index contributed by atoms with van der Waals surface area (Å²) in [6.07, 6.45) is 9.82. The first kappa shape index (κ1) is 19.4. The van der Waals surface area contributed by atoms with Crippen molar-refractivity contribution in [3.8, 4) is 0 Å². The van der Waals surface area contributed by atoms with Crippen LogP contribution < -0.4 is 0 Å². The molecule has 0 nitrogen and oxygen atoms in total. The van der Waals surface area contributed by atoms with Crippen LogP contribution in [0.5, 0.6) is 0 Å². The molecule has 99 valence electrons. The molecule has 0 aliphatic carbocycles. The highest BCUT2D eigenvalue weighted by molar-refractivity contribution is 6.35. The lowest BCUT2D eigenvalue weighted by atomic mass is 10.2. The molecule has 17 heavy (non-hydrogen) atoms. The van der Waals surface area contributed by atoms with Gasteiger partial charge in [0.1, 0.15) is 0 Å². The molecule has 0 fully saturated rings. The third kappa shape index (κ3) is 25.9. The van der Waals surface area contributed by atoms with Crippen molar-refractivity contribution in [2.45, 2.75) is 64.4 Å². The van der Waals surface area contributed by atoms with Gasteiger partial charge in [0, 0.05) is 0 Å². The standard InChI is InChI=1S/C8H14.2C4H9.Al/c1-3-5-7-8-6-4-2;2*1-4(2)3;/h3-4,6H,1,5,7-8H2,2H3;2*4H,1H2,2-3H3;. The van der Waals surface area contributed by atoms with E-state index in [0.717, 1.165) is 33.5 Å². The molecule has 0 saturated carbocycles. The van der Waals surface area contributed by atoms with Gasteiger partial charge in [0.25, 0.3) is 0 Å². The molecular weight excluding hydrogens is 219 g/mol. The molecule has 0 saturated heterocycles. The van der Waals surface area contributed by atoms with Crippen molar-refractivity contribution < 1.29 is 0 Å². The summed E-state index contributed by atoms with van der Waals surface area (Å²) in [5, 5.41) is 2.97. The molecule has 0 aromatic rings. The van der Waals surface area contributed by atoms with Crippen LogP contribution in [0.25, 0.3) is 0 Å². The van der Waals surface area contributed by atoms with E-state index in [1.807, 2.05) is 13.0 Å². The van der Waals surface area contributed by atoms with Crippen LogP contribution >= 0.6 is 0 Å². The van der Waals surface area contributed by atoms with E-state index < -0.39 is 0 Å². The Morgan fingerprint density at radius 3 is 1.88 bits per heavy atom. The average Bonchev–Trinajstić information content (AvgIpc) is 2.24. The summed E-state index contributed by atoms with van der Waals surface area (Å²) in [5.74, 6) is 1.86. The number of allylic oxidation sites excluding steroid dienone is 3. The van der Waals surface area contributed by atoms with E-state index in [1.54, 1.807) is 0 Å². The number of hydrogen-bond donors (Lipinski definition) is 0. The molecule has 0 heterocycles. The number of rotatable bonds is 8. The van der Waals surface area contributed by atoms with E-state index in [1.165, 1.54) is 23.4 Å². The predicted octanol–water partition coefficient (Wildman–Crippen LogP) is 5.76. The van der Waals surface area contributed by atoms with Crippen molar-refractivity contribution in [3.63, 3.8) is 0 Å². The first-order chi connectivity index (χ1) is 8.04. The minimum atomic E-state index is 0.755. The van der Waals surface area contributed by atoms with Gasteiger partial charge in [-0.1, -0.05) is 57.8 Å². The van der Waals surface area contributed by atoms with Gasteiger partial charge in [0.15, 0.2) is 0 Å². The molecule has 0 aromatic carbocycles. The van der Waals surface area contributed by atoms with Gasteiger partial charge < -0.3 is 0 Å². The molecule has 0 atom stereocenters. The largest absolute Gasteiger partial charge is 0.200 e. The van der Waals surface area contributed by atoms with Crippen molar-refractivity contribution in [2.24, 2.45) is 11.8 Å². The van der Waals surface area contributed by atoms with Gasteiger partial charge >= 0.3 is 0 Å². The van der Waals surface area contributed by atoms with Gasteiger partial charge in [-0.25, -0.2) is 0 Å². The van der Waals surface area contributed by atoms with E-state index in [4.69, 9.17) is 0 Å². The van der Waals surface area contributed by atoms with Gasteiger partial charge in [-0.2, -0.15) is 0 Å². The highest BCUT2D eigenvalue weighted by atomic mass is 27.1. The third-order valence-electron chi connectivity index (χ3n) is 2.29. The van der Waals surface area contributed by atoms with Crippen LogP contribution in [0.15, 0.2) is 24.8 Å². The SMILES string of the molecule is C=CCCCC=CC.CC(C)[CH2][Al][CH2]C(C)C. The van der Waals surface area contributed by atoms with Gasteiger partial charge in [-0.15, -0.1) is 17.1 Å². The van der Waals surface area contributed by atoms with Crippen LogP contribution in [0.2, 0.25) is 10.6 Å². The Hall–Kier alpha value is 0.0125. The molecule has 0 N–H and O–H groups in total. The molecule has 0 aliphatic rings. The van der Waals surface area contributed by atoms with E-state index in [0.29, 0.717) is 0 Å². The average molecular weight is 251 g/mol. The molecule has 0 amide bonds. The lowest BCUT2D eigenvalue weighted by Gasteiger charge is -2.03. The Bertz CT molecular complexity index is 160. The van der Waals surface area contributed by atoms with Gasteiger partial charge in [0.05, 0.1) is 0 Å². The summed E-state index contributed by atoms with van der Waals surface area (Å²) in [6.45, 7) is 14.9. The monoisotopic (exact) mass is 251 g/mol. The molecule has 0 aliphatic heterocycles. The molecular formula is C16H32Al. The van der Waals surface area contributed by atoms with E-state index in [2.05, 4.69) is 46.4 Å². The second kappa shape index (κ2) is 16.0. The van der Waals surface area contributed by atoms with E-state index in [-0.39, 0.29) is 0 Å². The second-order valence-electron chi connectivity index (χ2n) is 5.34. The Morgan fingerprint density at radius 1 is 1.00 bits per heavy atom. The Labute approximate surface area is 116 Å². The summed E-state index contributed by atoms with van der Waals surface area (Å²) in [7, 11) is 0.